The molecule has 2 heterocycles. The first kappa shape index (κ1) is 23.2. The summed E-state index contributed by atoms with van der Waals surface area (Å²) in [5.41, 5.74) is 7.11. The van der Waals surface area contributed by atoms with Crippen molar-refractivity contribution in [2.75, 3.05) is 0 Å². The van der Waals surface area contributed by atoms with Crippen LogP contribution in [0, 0.1) is 0 Å². The Morgan fingerprint density at radius 1 is 0.553 bits per heavy atom. The fourth-order valence-electron chi connectivity index (χ4n) is 5.04. The maximum absolute atomic E-state index is 6.49. The first-order valence-corrected chi connectivity index (χ1v) is 13.9. The fourth-order valence-corrected chi connectivity index (χ4v) is 5.77. The number of fused-ring (bicyclic) bond motifs is 3. The molecule has 0 saturated carbocycles. The van der Waals surface area contributed by atoms with Gasteiger partial charge in [0, 0.05) is 42.1 Å². The quantitative estimate of drug-likeness (QED) is 0.196. The lowest BCUT2D eigenvalue weighted by Crippen LogP contribution is -1.94. The molecule has 0 aliphatic heterocycles. The van der Waals surface area contributed by atoms with Gasteiger partial charge in [-0.25, -0.2) is 4.98 Å². The second kappa shape index (κ2) is 9.43. The molecule has 0 aliphatic carbocycles. The van der Waals surface area contributed by atoms with Crippen molar-refractivity contribution in [3.05, 3.63) is 130 Å². The van der Waals surface area contributed by atoms with Crippen LogP contribution in [0.15, 0.2) is 135 Å². The SMILES string of the molecule is Brc1ccc2c(c1)c1cc(Br)ccc1n2-c1cccc(-c2nc(-c3ccccc3)c(-c3ccccc3)o2)c1. The van der Waals surface area contributed by atoms with E-state index in [-0.39, 0.29) is 0 Å². The molecule has 0 spiro atoms. The van der Waals surface area contributed by atoms with Crippen molar-refractivity contribution in [1.29, 1.82) is 0 Å². The van der Waals surface area contributed by atoms with Crippen molar-refractivity contribution >= 4 is 53.7 Å². The lowest BCUT2D eigenvalue weighted by Gasteiger charge is -2.09. The Balaban J connectivity index is 1.43. The average molecular weight is 620 g/mol. The average Bonchev–Trinajstić information content (AvgIpc) is 3.54. The summed E-state index contributed by atoms with van der Waals surface area (Å²) in [5.74, 6) is 1.36. The third-order valence-corrected chi connectivity index (χ3v) is 7.74. The number of hydrogen-bond acceptors (Lipinski definition) is 2. The van der Waals surface area contributed by atoms with Gasteiger partial charge in [0.15, 0.2) is 5.76 Å². The number of oxazole rings is 1. The van der Waals surface area contributed by atoms with Gasteiger partial charge in [0.1, 0.15) is 5.69 Å². The number of hydrogen-bond donors (Lipinski definition) is 0. The zero-order valence-electron chi connectivity index (χ0n) is 20.1. The summed E-state index contributed by atoms with van der Waals surface area (Å²) in [5, 5.41) is 2.38. The van der Waals surface area contributed by atoms with E-state index in [0.29, 0.717) is 5.89 Å². The second-order valence-corrected chi connectivity index (χ2v) is 11.0. The van der Waals surface area contributed by atoms with Crippen LogP contribution in [0.5, 0.6) is 0 Å². The standard InChI is InChI=1S/C33H20Br2N2O/c34-24-14-16-29-27(19-24)28-20-25(35)15-17-30(28)37(29)26-13-7-12-23(18-26)33-36-31(21-8-3-1-4-9-21)32(38-33)22-10-5-2-6-11-22/h1-20H. The van der Waals surface area contributed by atoms with Crippen molar-refractivity contribution < 1.29 is 4.42 Å². The van der Waals surface area contributed by atoms with Crippen LogP contribution in [0.2, 0.25) is 0 Å². The van der Waals surface area contributed by atoms with Crippen LogP contribution < -0.4 is 0 Å². The number of aromatic nitrogens is 2. The van der Waals surface area contributed by atoms with Gasteiger partial charge in [0.25, 0.3) is 0 Å². The maximum Gasteiger partial charge on any atom is 0.227 e. The minimum Gasteiger partial charge on any atom is -0.435 e. The van der Waals surface area contributed by atoms with Gasteiger partial charge in [-0.2, -0.15) is 0 Å². The van der Waals surface area contributed by atoms with Crippen LogP contribution >= 0.6 is 31.9 Å². The Morgan fingerprint density at radius 3 is 1.76 bits per heavy atom. The summed E-state index contributed by atoms with van der Waals surface area (Å²) in [6.07, 6.45) is 0. The number of rotatable bonds is 4. The molecular weight excluding hydrogens is 600 g/mol. The predicted octanol–water partition coefficient (Wildman–Crippen LogP) is 10.3. The molecule has 0 bridgehead atoms. The van der Waals surface area contributed by atoms with E-state index in [4.69, 9.17) is 9.40 Å². The molecule has 0 saturated heterocycles. The van der Waals surface area contributed by atoms with Crippen LogP contribution in [0.4, 0.5) is 0 Å². The largest absolute Gasteiger partial charge is 0.435 e. The van der Waals surface area contributed by atoms with Gasteiger partial charge in [-0.05, 0) is 54.6 Å². The van der Waals surface area contributed by atoms with Gasteiger partial charge in [0.2, 0.25) is 5.89 Å². The Morgan fingerprint density at radius 2 is 1.13 bits per heavy atom. The Bertz CT molecular complexity index is 1820. The van der Waals surface area contributed by atoms with Crippen LogP contribution in [0.1, 0.15) is 0 Å². The summed E-state index contributed by atoms with van der Waals surface area (Å²) in [6.45, 7) is 0. The molecule has 182 valence electrons. The van der Waals surface area contributed by atoms with E-state index >= 15 is 0 Å². The number of benzene rings is 5. The van der Waals surface area contributed by atoms with Gasteiger partial charge in [-0.15, -0.1) is 0 Å². The maximum atomic E-state index is 6.49. The molecule has 3 nitrogen and oxygen atoms in total. The Kier molecular flexibility index (Phi) is 5.76. The summed E-state index contributed by atoms with van der Waals surface area (Å²) in [4.78, 5) is 5.01. The Labute approximate surface area is 236 Å². The van der Waals surface area contributed by atoms with Crippen LogP contribution in [-0.2, 0) is 0 Å². The Hall–Kier alpha value is -3.93. The first-order valence-electron chi connectivity index (χ1n) is 12.3. The van der Waals surface area contributed by atoms with Gasteiger partial charge in [-0.3, -0.25) is 0 Å². The fraction of sp³-hybridized carbons (Fsp3) is 0. The highest BCUT2D eigenvalue weighted by molar-refractivity contribution is 9.10. The molecule has 0 radical (unpaired) electrons. The van der Waals surface area contributed by atoms with Gasteiger partial charge in [0.05, 0.1) is 11.0 Å². The van der Waals surface area contributed by atoms with Crippen LogP contribution in [-0.4, -0.2) is 9.55 Å². The van der Waals surface area contributed by atoms with Crippen molar-refractivity contribution in [1.82, 2.24) is 9.55 Å². The highest BCUT2D eigenvalue weighted by Crippen LogP contribution is 2.38. The van der Waals surface area contributed by atoms with Crippen molar-refractivity contribution in [3.63, 3.8) is 0 Å². The van der Waals surface area contributed by atoms with E-state index in [1.807, 2.05) is 36.4 Å². The topological polar surface area (TPSA) is 31.0 Å². The van der Waals surface area contributed by atoms with E-state index < -0.39 is 0 Å². The van der Waals surface area contributed by atoms with E-state index in [2.05, 4.69) is 121 Å². The second-order valence-electron chi connectivity index (χ2n) is 9.14. The molecule has 5 heteroatoms. The molecule has 5 aromatic carbocycles. The van der Waals surface area contributed by atoms with E-state index in [1.165, 1.54) is 10.8 Å². The molecule has 2 aromatic heterocycles. The van der Waals surface area contributed by atoms with Gasteiger partial charge in [-0.1, -0.05) is 98.6 Å². The van der Waals surface area contributed by atoms with Crippen molar-refractivity contribution in [3.8, 4) is 39.7 Å². The summed E-state index contributed by atoms with van der Waals surface area (Å²) < 4.78 is 10.9. The zero-order valence-corrected chi connectivity index (χ0v) is 23.3. The lowest BCUT2D eigenvalue weighted by molar-refractivity contribution is 0.589. The smallest absolute Gasteiger partial charge is 0.227 e. The summed E-state index contributed by atoms with van der Waals surface area (Å²) in [7, 11) is 0. The van der Waals surface area contributed by atoms with E-state index in [9.17, 15) is 0 Å². The van der Waals surface area contributed by atoms with Crippen molar-refractivity contribution in [2.45, 2.75) is 0 Å². The highest BCUT2D eigenvalue weighted by atomic mass is 79.9. The minimum atomic E-state index is 0.593. The monoisotopic (exact) mass is 618 g/mol. The third kappa shape index (κ3) is 3.99. The third-order valence-electron chi connectivity index (χ3n) is 6.75. The molecule has 7 aromatic rings. The van der Waals surface area contributed by atoms with Crippen LogP contribution in [0.3, 0.4) is 0 Å². The van der Waals surface area contributed by atoms with Crippen LogP contribution in [0.25, 0.3) is 61.5 Å². The van der Waals surface area contributed by atoms with E-state index in [1.54, 1.807) is 0 Å². The summed E-state index contributed by atoms with van der Waals surface area (Å²) >= 11 is 7.30. The zero-order chi connectivity index (χ0) is 25.6. The normalized spacial score (nSPS) is 11.4. The minimum absolute atomic E-state index is 0.593. The molecule has 7 rings (SSSR count). The molecule has 0 unspecified atom stereocenters. The number of nitrogens with zero attached hydrogens (tertiary/aromatic N) is 2. The molecule has 0 N–H and O–H groups in total. The summed E-state index contributed by atoms with van der Waals surface area (Å²) in [6, 6.07) is 41.6. The molecule has 0 fully saturated rings. The molecule has 0 aliphatic rings. The first-order chi connectivity index (χ1) is 18.7. The van der Waals surface area contributed by atoms with Gasteiger partial charge < -0.3 is 8.98 Å². The molecule has 0 amide bonds. The molecular formula is C33H20Br2N2O. The number of halogens is 2. The molecule has 0 atom stereocenters. The lowest BCUT2D eigenvalue weighted by atomic mass is 10.1. The van der Waals surface area contributed by atoms with Crippen molar-refractivity contribution in [2.24, 2.45) is 0 Å². The molecule has 38 heavy (non-hydrogen) atoms. The highest BCUT2D eigenvalue weighted by Gasteiger charge is 2.19. The van der Waals surface area contributed by atoms with Gasteiger partial charge >= 0.3 is 0 Å². The van der Waals surface area contributed by atoms with E-state index in [0.717, 1.165) is 53.8 Å². The predicted molar refractivity (Wildman–Crippen MR) is 163 cm³/mol.